The Balaban J connectivity index is 1.94. The van der Waals surface area contributed by atoms with E-state index in [1.165, 1.54) is 27.8 Å². The van der Waals surface area contributed by atoms with Crippen LogP contribution in [0.25, 0.3) is 22.3 Å². The molecule has 30 heavy (non-hydrogen) atoms. The zero-order valence-corrected chi connectivity index (χ0v) is 19.9. The molecule has 0 saturated carbocycles. The molecular formula is C30H38. The molecule has 0 unspecified atom stereocenters. The third-order valence-electron chi connectivity index (χ3n) is 5.69. The van der Waals surface area contributed by atoms with Crippen molar-refractivity contribution in [2.75, 3.05) is 0 Å². The van der Waals surface area contributed by atoms with E-state index >= 15 is 0 Å². The van der Waals surface area contributed by atoms with Crippen molar-refractivity contribution < 1.29 is 2.74 Å². The molecule has 0 fully saturated rings. The standard InChI is InChI=1S/C30H38/c1-20(2)28-17-27(18-29(21(3)4)22(28)5)26-15-13-25(14-16-26)24-11-9-23(10-12-24)19-30(6,7)8/h9-18,20-21H,19H2,1-8H3/i19D2. The van der Waals surface area contributed by atoms with Crippen LogP contribution in [0, 0.1) is 12.3 Å². The second-order valence-corrected chi connectivity index (χ2v) is 10.1. The van der Waals surface area contributed by atoms with Gasteiger partial charge in [0.25, 0.3) is 0 Å². The predicted octanol–water partition coefficient (Wildman–Crippen LogP) is 9.16. The lowest BCUT2D eigenvalue weighted by atomic mass is 9.86. The lowest BCUT2D eigenvalue weighted by Gasteiger charge is -2.19. The van der Waals surface area contributed by atoms with Crippen molar-refractivity contribution >= 4 is 0 Å². The highest BCUT2D eigenvalue weighted by Crippen LogP contribution is 2.34. The first-order valence-electron chi connectivity index (χ1n) is 12.2. The maximum atomic E-state index is 8.49. The maximum Gasteiger partial charge on any atom is 0.0321 e. The van der Waals surface area contributed by atoms with Crippen LogP contribution < -0.4 is 0 Å². The molecule has 3 aromatic carbocycles. The zero-order valence-electron chi connectivity index (χ0n) is 21.9. The Morgan fingerprint density at radius 2 is 1.03 bits per heavy atom. The van der Waals surface area contributed by atoms with Gasteiger partial charge >= 0.3 is 0 Å². The lowest BCUT2D eigenvalue weighted by molar-refractivity contribution is 0.411. The normalized spacial score (nSPS) is 13.5. The van der Waals surface area contributed by atoms with Gasteiger partial charge in [-0.2, -0.15) is 0 Å². The van der Waals surface area contributed by atoms with E-state index in [0.29, 0.717) is 11.8 Å². The van der Waals surface area contributed by atoms with Gasteiger partial charge in [-0.15, -0.1) is 0 Å². The van der Waals surface area contributed by atoms with Crippen LogP contribution >= 0.6 is 0 Å². The smallest absolute Gasteiger partial charge is 0.0321 e. The molecule has 0 bridgehead atoms. The first-order chi connectivity index (χ1) is 14.8. The summed E-state index contributed by atoms with van der Waals surface area (Å²) < 4.78 is 17.0. The Kier molecular flexibility index (Phi) is 5.75. The van der Waals surface area contributed by atoms with E-state index in [1.807, 2.05) is 45.0 Å². The van der Waals surface area contributed by atoms with Crippen molar-refractivity contribution in [3.63, 3.8) is 0 Å². The summed E-state index contributed by atoms with van der Waals surface area (Å²) in [5.41, 5.74) is 9.34. The first kappa shape index (κ1) is 19.6. The van der Waals surface area contributed by atoms with E-state index in [0.717, 1.165) is 16.7 Å². The lowest BCUT2D eigenvalue weighted by Crippen LogP contribution is -2.08. The number of hydrogen-bond acceptors (Lipinski definition) is 0. The van der Waals surface area contributed by atoms with Gasteiger partial charge in [-0.25, -0.2) is 0 Å². The van der Waals surface area contributed by atoms with Crippen molar-refractivity contribution in [3.8, 4) is 22.3 Å². The van der Waals surface area contributed by atoms with Crippen molar-refractivity contribution in [1.82, 2.24) is 0 Å². The van der Waals surface area contributed by atoms with Gasteiger partial charge in [0.2, 0.25) is 0 Å². The van der Waals surface area contributed by atoms with E-state index in [-0.39, 0.29) is 0 Å². The highest BCUT2D eigenvalue weighted by atomic mass is 14.2. The third kappa shape index (κ3) is 5.22. The van der Waals surface area contributed by atoms with Crippen LogP contribution in [0.5, 0.6) is 0 Å². The number of hydrogen-bond donors (Lipinski definition) is 0. The molecule has 0 aromatic heterocycles. The molecule has 0 amide bonds. The molecule has 0 aliphatic carbocycles. The van der Waals surface area contributed by atoms with Crippen LogP contribution in [0.4, 0.5) is 0 Å². The molecule has 0 nitrogen and oxygen atoms in total. The van der Waals surface area contributed by atoms with E-state index in [1.54, 1.807) is 0 Å². The monoisotopic (exact) mass is 400 g/mol. The zero-order chi connectivity index (χ0) is 23.8. The average Bonchev–Trinajstić information content (AvgIpc) is 2.73. The van der Waals surface area contributed by atoms with Crippen LogP contribution in [-0.4, -0.2) is 0 Å². The average molecular weight is 401 g/mol. The first-order valence-corrected chi connectivity index (χ1v) is 11.2. The van der Waals surface area contributed by atoms with Crippen LogP contribution in [0.2, 0.25) is 0 Å². The van der Waals surface area contributed by atoms with E-state index in [2.05, 4.69) is 71.0 Å². The summed E-state index contributed by atoms with van der Waals surface area (Å²) in [5.74, 6) is 0.999. The van der Waals surface area contributed by atoms with Gasteiger partial charge < -0.3 is 0 Å². The number of rotatable bonds is 5. The molecule has 0 aliphatic heterocycles. The molecule has 0 aliphatic rings. The van der Waals surface area contributed by atoms with Crippen LogP contribution in [0.15, 0.2) is 60.7 Å². The molecule has 0 spiro atoms. The van der Waals surface area contributed by atoms with E-state index in [4.69, 9.17) is 2.74 Å². The minimum Gasteiger partial charge on any atom is -0.0599 e. The van der Waals surface area contributed by atoms with E-state index < -0.39 is 11.8 Å². The molecule has 3 rings (SSSR count). The fourth-order valence-electron chi connectivity index (χ4n) is 4.16. The van der Waals surface area contributed by atoms with Gasteiger partial charge in [-0.05, 0) is 75.1 Å². The fraction of sp³-hybridized carbons (Fsp3) is 0.400. The van der Waals surface area contributed by atoms with Gasteiger partial charge in [0.05, 0.1) is 0 Å². The topological polar surface area (TPSA) is 0 Å². The number of benzene rings is 3. The fourth-order valence-corrected chi connectivity index (χ4v) is 4.16. The largest absolute Gasteiger partial charge is 0.0599 e. The molecule has 0 saturated heterocycles. The Labute approximate surface area is 187 Å². The highest BCUT2D eigenvalue weighted by Gasteiger charge is 2.14. The van der Waals surface area contributed by atoms with Crippen molar-refractivity contribution in [2.24, 2.45) is 5.41 Å². The summed E-state index contributed by atoms with van der Waals surface area (Å²) in [6.07, 6.45) is -1.37. The molecule has 0 heterocycles. The van der Waals surface area contributed by atoms with Gasteiger partial charge in [0.15, 0.2) is 0 Å². The summed E-state index contributed by atoms with van der Waals surface area (Å²) in [4.78, 5) is 0. The predicted molar refractivity (Wildman–Crippen MR) is 133 cm³/mol. The highest BCUT2D eigenvalue weighted by molar-refractivity contribution is 5.72. The Morgan fingerprint density at radius 3 is 1.40 bits per heavy atom. The summed E-state index contributed by atoms with van der Waals surface area (Å²) in [5, 5.41) is 0. The van der Waals surface area contributed by atoms with Crippen LogP contribution in [0.3, 0.4) is 0 Å². The van der Waals surface area contributed by atoms with Crippen LogP contribution in [0.1, 0.15) is 85.3 Å². The molecule has 0 heteroatoms. The Bertz CT molecular complexity index is 1030. The summed E-state index contributed by atoms with van der Waals surface area (Å²) in [6.45, 7) is 17.2. The third-order valence-corrected chi connectivity index (χ3v) is 5.69. The van der Waals surface area contributed by atoms with Gasteiger partial charge in [-0.1, -0.05) is 109 Å². The molecule has 158 valence electrons. The second kappa shape index (κ2) is 8.80. The minimum atomic E-state index is -1.37. The van der Waals surface area contributed by atoms with Gasteiger partial charge in [0.1, 0.15) is 0 Å². The summed E-state index contributed by atoms with van der Waals surface area (Å²) in [7, 11) is 0. The van der Waals surface area contributed by atoms with Crippen LogP contribution in [-0.2, 0) is 6.37 Å². The van der Waals surface area contributed by atoms with Crippen molar-refractivity contribution in [1.29, 1.82) is 0 Å². The quantitative estimate of drug-likeness (QED) is 0.400. The minimum absolute atomic E-state index is 0.451. The Hall–Kier alpha value is -2.34. The van der Waals surface area contributed by atoms with E-state index in [9.17, 15) is 0 Å². The summed E-state index contributed by atoms with van der Waals surface area (Å²) in [6, 6.07) is 21.4. The molecule has 0 radical (unpaired) electrons. The molecule has 0 N–H and O–H groups in total. The van der Waals surface area contributed by atoms with Crippen molar-refractivity contribution in [2.45, 2.75) is 73.6 Å². The molecule has 3 aromatic rings. The van der Waals surface area contributed by atoms with Crippen molar-refractivity contribution in [3.05, 3.63) is 82.9 Å². The molecule has 0 atom stereocenters. The van der Waals surface area contributed by atoms with Gasteiger partial charge in [0, 0.05) is 2.74 Å². The van der Waals surface area contributed by atoms with Gasteiger partial charge in [-0.3, -0.25) is 0 Å². The molecular weight excluding hydrogens is 360 g/mol. The second-order valence-electron chi connectivity index (χ2n) is 10.1. The maximum absolute atomic E-state index is 8.49. The summed E-state index contributed by atoms with van der Waals surface area (Å²) >= 11 is 0. The SMILES string of the molecule is [2H]C([2H])(c1ccc(-c2ccc(-c3cc(C(C)C)c(C)c(C(C)C)c3)cc2)cc1)C(C)(C)C. The Morgan fingerprint density at radius 1 is 0.667 bits per heavy atom.